The third-order valence-corrected chi connectivity index (χ3v) is 5.64. The number of hydrogen-bond donors (Lipinski definition) is 3. The third-order valence-electron chi connectivity index (χ3n) is 5.64. The fourth-order valence-corrected chi connectivity index (χ4v) is 4.27. The zero-order valence-electron chi connectivity index (χ0n) is 16.3. The van der Waals surface area contributed by atoms with Crippen molar-refractivity contribution in [3.63, 3.8) is 0 Å². The lowest BCUT2D eigenvalue weighted by molar-refractivity contribution is 0.584. The topological polar surface area (TPSA) is 87.6 Å². The van der Waals surface area contributed by atoms with Crippen molar-refractivity contribution in [2.75, 3.05) is 12.4 Å². The molecule has 0 saturated heterocycles. The van der Waals surface area contributed by atoms with Crippen molar-refractivity contribution in [2.45, 2.75) is 18.5 Å². The summed E-state index contributed by atoms with van der Waals surface area (Å²) in [5, 5.41) is 15.5. The molecule has 2 unspecified atom stereocenters. The Morgan fingerprint density at radius 3 is 2.72 bits per heavy atom. The van der Waals surface area contributed by atoms with Crippen LogP contribution in [0.4, 0.5) is 5.69 Å². The van der Waals surface area contributed by atoms with Crippen molar-refractivity contribution in [3.05, 3.63) is 87.9 Å². The van der Waals surface area contributed by atoms with Crippen molar-refractivity contribution in [3.8, 4) is 0 Å². The average molecular weight is 386 g/mol. The molecule has 29 heavy (non-hydrogen) atoms. The zero-order chi connectivity index (χ0) is 20.0. The van der Waals surface area contributed by atoms with Crippen LogP contribution in [0, 0.1) is 0 Å². The van der Waals surface area contributed by atoms with Gasteiger partial charge in [-0.15, -0.1) is 0 Å². The Balaban J connectivity index is 1.72. The van der Waals surface area contributed by atoms with Crippen LogP contribution in [0.15, 0.2) is 59.7 Å². The normalized spacial score (nSPS) is 18.0. The molecular formula is C22H22N6O. The van der Waals surface area contributed by atoms with Crippen LogP contribution in [-0.4, -0.2) is 26.8 Å². The lowest BCUT2D eigenvalue weighted by Crippen LogP contribution is -2.29. The van der Waals surface area contributed by atoms with Crippen molar-refractivity contribution in [1.29, 1.82) is 0 Å². The Morgan fingerprint density at radius 1 is 1.17 bits per heavy atom. The maximum absolute atomic E-state index is 12.4. The van der Waals surface area contributed by atoms with Gasteiger partial charge in [0.1, 0.15) is 5.82 Å². The second-order valence-electron chi connectivity index (χ2n) is 7.43. The second kappa shape index (κ2) is 6.86. The number of rotatable bonds is 4. The maximum Gasteiger partial charge on any atom is 0.272 e. The van der Waals surface area contributed by atoms with E-state index in [1.165, 1.54) is 5.56 Å². The van der Waals surface area contributed by atoms with E-state index in [9.17, 15) is 4.79 Å². The third kappa shape index (κ3) is 2.82. The zero-order valence-corrected chi connectivity index (χ0v) is 16.3. The molecule has 2 atom stereocenters. The molecule has 3 N–H and O–H groups in total. The van der Waals surface area contributed by atoms with Crippen LogP contribution in [0.5, 0.6) is 0 Å². The summed E-state index contributed by atoms with van der Waals surface area (Å²) in [4.78, 5) is 17.0. The molecule has 1 aliphatic rings. The lowest BCUT2D eigenvalue weighted by atomic mass is 9.83. The Kier molecular flexibility index (Phi) is 4.17. The Labute approximate surface area is 167 Å². The first-order valence-electron chi connectivity index (χ1n) is 9.66. The van der Waals surface area contributed by atoms with Crippen molar-refractivity contribution in [1.82, 2.24) is 25.1 Å². The van der Waals surface area contributed by atoms with Gasteiger partial charge in [0.05, 0.1) is 23.0 Å². The van der Waals surface area contributed by atoms with Gasteiger partial charge in [0, 0.05) is 37.1 Å². The summed E-state index contributed by atoms with van der Waals surface area (Å²) < 4.78 is 2.02. The Morgan fingerprint density at radius 2 is 2.00 bits per heavy atom. The predicted octanol–water partition coefficient (Wildman–Crippen LogP) is 2.67. The lowest BCUT2D eigenvalue weighted by Gasteiger charge is -2.34. The van der Waals surface area contributed by atoms with E-state index in [-0.39, 0.29) is 17.5 Å². The standard InChI is InChI=1S/C22H22N6O/c1-23-12-13-6-8-14(9-7-13)19-18(21-24-10-11-28(21)2)20-17-15(22(29)27-26-20)4-3-5-16(17)25-19/h3-11,18-19,23,25H,12H2,1-2H3,(H,27,29). The number of nitrogens with zero attached hydrogens (tertiary/aromatic N) is 3. The van der Waals surface area contributed by atoms with Crippen LogP contribution < -0.4 is 16.2 Å². The summed E-state index contributed by atoms with van der Waals surface area (Å²) in [6.07, 6.45) is 3.73. The van der Waals surface area contributed by atoms with Gasteiger partial charge in [-0.05, 0) is 30.3 Å². The monoisotopic (exact) mass is 386 g/mol. The van der Waals surface area contributed by atoms with E-state index in [1.807, 2.05) is 43.1 Å². The number of imidazole rings is 1. The number of benzene rings is 2. The highest BCUT2D eigenvalue weighted by atomic mass is 16.1. The predicted molar refractivity (Wildman–Crippen MR) is 113 cm³/mol. The largest absolute Gasteiger partial charge is 0.377 e. The van der Waals surface area contributed by atoms with E-state index in [0.717, 1.165) is 34.7 Å². The molecule has 0 spiro atoms. The van der Waals surface area contributed by atoms with Crippen LogP contribution in [0.1, 0.15) is 34.6 Å². The highest BCUT2D eigenvalue weighted by Gasteiger charge is 2.36. The molecule has 2 aromatic heterocycles. The summed E-state index contributed by atoms with van der Waals surface area (Å²) >= 11 is 0. The van der Waals surface area contributed by atoms with Gasteiger partial charge in [-0.1, -0.05) is 30.3 Å². The molecule has 146 valence electrons. The quantitative estimate of drug-likeness (QED) is 0.502. The Hall–Kier alpha value is -3.45. The van der Waals surface area contributed by atoms with Crippen molar-refractivity contribution in [2.24, 2.45) is 7.05 Å². The second-order valence-corrected chi connectivity index (χ2v) is 7.43. The average Bonchev–Trinajstić information content (AvgIpc) is 3.16. The molecule has 0 aliphatic carbocycles. The highest BCUT2D eigenvalue weighted by Crippen LogP contribution is 2.45. The van der Waals surface area contributed by atoms with Crippen molar-refractivity contribution < 1.29 is 0 Å². The first-order chi connectivity index (χ1) is 14.2. The smallest absolute Gasteiger partial charge is 0.272 e. The van der Waals surface area contributed by atoms with E-state index in [0.29, 0.717) is 5.39 Å². The maximum atomic E-state index is 12.4. The van der Waals surface area contributed by atoms with Gasteiger partial charge < -0.3 is 15.2 Å². The molecule has 0 radical (unpaired) electrons. The first-order valence-corrected chi connectivity index (χ1v) is 9.66. The van der Waals surface area contributed by atoms with Crippen molar-refractivity contribution >= 4 is 16.5 Å². The highest BCUT2D eigenvalue weighted by molar-refractivity contribution is 5.97. The summed E-state index contributed by atoms with van der Waals surface area (Å²) in [6.45, 7) is 0.825. The molecule has 0 saturated carbocycles. The van der Waals surface area contributed by atoms with Gasteiger partial charge >= 0.3 is 0 Å². The van der Waals surface area contributed by atoms with Gasteiger partial charge in [-0.3, -0.25) is 4.79 Å². The molecule has 4 aromatic rings. The summed E-state index contributed by atoms with van der Waals surface area (Å²) in [7, 11) is 3.93. The number of hydrogen-bond acceptors (Lipinski definition) is 5. The van der Waals surface area contributed by atoms with Crippen LogP contribution in [0.3, 0.4) is 0 Å². The van der Waals surface area contributed by atoms with Gasteiger partial charge in [0.2, 0.25) is 0 Å². The Bertz CT molecular complexity index is 1240. The van der Waals surface area contributed by atoms with Gasteiger partial charge in [-0.25, -0.2) is 10.1 Å². The summed E-state index contributed by atoms with van der Waals surface area (Å²) in [6, 6.07) is 14.3. The van der Waals surface area contributed by atoms with Crippen LogP contribution in [0.25, 0.3) is 10.8 Å². The molecular weight excluding hydrogens is 364 g/mol. The fraction of sp³-hybridized carbons (Fsp3) is 0.227. The van der Waals surface area contributed by atoms with E-state index in [4.69, 9.17) is 0 Å². The number of aromatic nitrogens is 4. The number of H-pyrrole nitrogens is 1. The molecule has 1 aliphatic heterocycles. The van der Waals surface area contributed by atoms with E-state index in [1.54, 1.807) is 6.20 Å². The number of aromatic amines is 1. The van der Waals surface area contributed by atoms with E-state index < -0.39 is 0 Å². The molecule has 2 aromatic carbocycles. The molecule has 7 heteroatoms. The van der Waals surface area contributed by atoms with E-state index >= 15 is 0 Å². The molecule has 5 rings (SSSR count). The van der Waals surface area contributed by atoms with Gasteiger partial charge in [-0.2, -0.15) is 5.10 Å². The summed E-state index contributed by atoms with van der Waals surface area (Å²) in [5.41, 5.74) is 3.96. The number of nitrogens with one attached hydrogen (secondary N) is 3. The summed E-state index contributed by atoms with van der Waals surface area (Å²) in [5.74, 6) is 0.761. The van der Waals surface area contributed by atoms with E-state index in [2.05, 4.69) is 50.1 Å². The van der Waals surface area contributed by atoms with Gasteiger partial charge in [0.25, 0.3) is 5.56 Å². The first kappa shape index (κ1) is 17.6. The van der Waals surface area contributed by atoms with Crippen LogP contribution >= 0.6 is 0 Å². The molecule has 7 nitrogen and oxygen atoms in total. The number of aryl methyl sites for hydroxylation is 1. The molecule has 3 heterocycles. The minimum atomic E-state index is -0.180. The van der Waals surface area contributed by atoms with Gasteiger partial charge in [0.15, 0.2) is 0 Å². The van der Waals surface area contributed by atoms with Crippen LogP contribution in [0.2, 0.25) is 0 Å². The fourth-order valence-electron chi connectivity index (χ4n) is 4.27. The molecule has 0 fully saturated rings. The van der Waals surface area contributed by atoms with Crippen LogP contribution in [-0.2, 0) is 13.6 Å². The molecule has 0 bridgehead atoms. The number of anilines is 1. The SMILES string of the molecule is CNCc1ccc(C2Nc3cccc4c(=O)[nH]nc(c34)C2c2nccn2C)cc1. The minimum absolute atomic E-state index is 0.0590. The minimum Gasteiger partial charge on any atom is -0.377 e. The molecule has 0 amide bonds.